The lowest BCUT2D eigenvalue weighted by Gasteiger charge is -2.19. The number of hydrogen-bond donors (Lipinski definition) is 2. The third-order valence-electron chi connectivity index (χ3n) is 6.38. The van der Waals surface area contributed by atoms with Crippen LogP contribution in [0.15, 0.2) is 59.4 Å². The fraction of sp³-hybridized carbons (Fsp3) is 0.310. The molecule has 0 unspecified atom stereocenters. The molecule has 4 aromatic rings. The van der Waals surface area contributed by atoms with Gasteiger partial charge in [0.2, 0.25) is 0 Å². The van der Waals surface area contributed by atoms with Crippen molar-refractivity contribution >= 4 is 34.1 Å². The molecule has 0 atom stereocenters. The second kappa shape index (κ2) is 10.9. The van der Waals surface area contributed by atoms with Crippen LogP contribution in [0.4, 0.5) is 0 Å². The minimum absolute atomic E-state index is 0.0438. The quantitative estimate of drug-likeness (QED) is 0.283. The summed E-state index contributed by atoms with van der Waals surface area (Å²) in [4.78, 5) is 39.6. The van der Waals surface area contributed by atoms with Crippen LogP contribution in [0.2, 0.25) is 5.02 Å². The third-order valence-corrected chi connectivity index (χ3v) is 6.61. The van der Waals surface area contributed by atoms with E-state index in [0.29, 0.717) is 39.9 Å². The van der Waals surface area contributed by atoms with Crippen molar-refractivity contribution in [3.05, 3.63) is 87.1 Å². The van der Waals surface area contributed by atoms with Gasteiger partial charge in [0, 0.05) is 28.9 Å². The molecule has 0 bridgehead atoms. The molecule has 8 nitrogen and oxygen atoms in total. The molecule has 0 saturated heterocycles. The third kappa shape index (κ3) is 5.71. The van der Waals surface area contributed by atoms with Crippen LogP contribution >= 0.6 is 11.6 Å². The number of carbonyl (C=O) groups excluding carboxylic acids is 2. The second-order valence-corrected chi connectivity index (χ2v) is 10.5. The van der Waals surface area contributed by atoms with Crippen molar-refractivity contribution in [3.63, 3.8) is 0 Å². The van der Waals surface area contributed by atoms with Gasteiger partial charge in [-0.25, -0.2) is 0 Å². The number of halogens is 1. The van der Waals surface area contributed by atoms with Crippen LogP contribution in [0, 0.1) is 0 Å². The molecule has 0 aliphatic heterocycles. The molecule has 3 N–H and O–H groups in total. The summed E-state index contributed by atoms with van der Waals surface area (Å²) in [5.74, 6) is -0.853. The van der Waals surface area contributed by atoms with Gasteiger partial charge in [-0.1, -0.05) is 48.9 Å². The van der Waals surface area contributed by atoms with Crippen molar-refractivity contribution in [3.8, 4) is 11.1 Å². The van der Waals surface area contributed by atoms with E-state index in [4.69, 9.17) is 17.3 Å². The lowest BCUT2D eigenvalue weighted by molar-refractivity contribution is 0.0643. The number of fused-ring (bicyclic) bond motifs is 1. The molecule has 0 saturated carbocycles. The molecule has 0 fully saturated rings. The topological polar surface area (TPSA) is 120 Å². The number of Topliss-reactive ketones (excluding diaryl/α,β-unsaturated/α-hetero) is 1. The maximum absolute atomic E-state index is 13.8. The Labute approximate surface area is 225 Å². The van der Waals surface area contributed by atoms with Gasteiger partial charge in [-0.15, -0.1) is 0 Å². The summed E-state index contributed by atoms with van der Waals surface area (Å²) >= 11 is 6.34. The number of hydrogen-bond acceptors (Lipinski definition) is 5. The molecule has 4 rings (SSSR count). The maximum atomic E-state index is 13.8. The first-order chi connectivity index (χ1) is 18.0. The highest BCUT2D eigenvalue weighted by Crippen LogP contribution is 2.33. The van der Waals surface area contributed by atoms with Crippen molar-refractivity contribution in [2.75, 3.05) is 0 Å². The largest absolute Gasteiger partial charge is 0.390 e. The van der Waals surface area contributed by atoms with E-state index in [1.165, 1.54) is 15.3 Å². The van der Waals surface area contributed by atoms with Gasteiger partial charge in [0.1, 0.15) is 5.69 Å². The minimum Gasteiger partial charge on any atom is -0.390 e. The maximum Gasteiger partial charge on any atom is 0.266 e. The number of rotatable bonds is 10. The summed E-state index contributed by atoms with van der Waals surface area (Å²) in [6.07, 6.45) is 1.19. The highest BCUT2D eigenvalue weighted by molar-refractivity contribution is 6.31. The van der Waals surface area contributed by atoms with Crippen LogP contribution in [-0.2, 0) is 13.1 Å². The molecule has 0 aliphatic carbocycles. The van der Waals surface area contributed by atoms with Gasteiger partial charge in [-0.05, 0) is 61.9 Å². The molecule has 9 heteroatoms. The SMILES string of the molecule is CCCC(=O)c1c(-c2ccccc2)c2cc(Cl)ccc2c(=O)n1Cc1cc(C(N)=O)n(CCC(C)(C)O)n1. The zero-order valence-corrected chi connectivity index (χ0v) is 22.5. The van der Waals surface area contributed by atoms with Gasteiger partial charge in [-0.3, -0.25) is 23.6 Å². The summed E-state index contributed by atoms with van der Waals surface area (Å²) in [5, 5.41) is 16.1. The molecule has 1 amide bonds. The van der Waals surface area contributed by atoms with E-state index < -0.39 is 11.5 Å². The van der Waals surface area contributed by atoms with E-state index in [1.807, 2.05) is 37.3 Å². The standard InChI is InChI=1S/C29H31ClN4O4/c1-4-8-24(35)26-25(18-9-6-5-7-10-18)22-15-19(30)11-12-21(22)28(37)33(26)17-20-16-23(27(31)36)34(32-20)14-13-29(2,3)38/h5-7,9-12,15-16,38H,4,8,13-14,17H2,1-3H3,(H2,31,36). The fourth-order valence-electron chi connectivity index (χ4n) is 4.56. The predicted octanol–water partition coefficient (Wildman–Crippen LogP) is 4.81. The summed E-state index contributed by atoms with van der Waals surface area (Å²) in [6, 6.07) is 16.0. The first kappa shape index (κ1) is 27.3. The smallest absolute Gasteiger partial charge is 0.266 e. The molecule has 0 radical (unpaired) electrons. The van der Waals surface area contributed by atoms with Crippen molar-refractivity contribution in [1.82, 2.24) is 14.3 Å². The molecule has 0 aliphatic rings. The van der Waals surface area contributed by atoms with Crippen molar-refractivity contribution in [1.29, 1.82) is 0 Å². The fourth-order valence-corrected chi connectivity index (χ4v) is 4.73. The van der Waals surface area contributed by atoms with Gasteiger partial charge in [-0.2, -0.15) is 5.10 Å². The van der Waals surface area contributed by atoms with Gasteiger partial charge < -0.3 is 10.8 Å². The van der Waals surface area contributed by atoms with Crippen LogP contribution in [0.1, 0.15) is 66.7 Å². The number of primary amides is 1. The van der Waals surface area contributed by atoms with Crippen LogP contribution < -0.4 is 11.3 Å². The van der Waals surface area contributed by atoms with Gasteiger partial charge >= 0.3 is 0 Å². The highest BCUT2D eigenvalue weighted by atomic mass is 35.5. The van der Waals surface area contributed by atoms with Gasteiger partial charge in [0.15, 0.2) is 5.78 Å². The van der Waals surface area contributed by atoms with Crippen LogP contribution in [0.3, 0.4) is 0 Å². The molecule has 0 spiro atoms. The Hall–Kier alpha value is -3.75. The van der Waals surface area contributed by atoms with Crippen LogP contribution in [0.25, 0.3) is 21.9 Å². The summed E-state index contributed by atoms with van der Waals surface area (Å²) < 4.78 is 2.87. The highest BCUT2D eigenvalue weighted by Gasteiger charge is 2.25. The van der Waals surface area contributed by atoms with E-state index in [1.54, 1.807) is 32.0 Å². The average molecular weight is 535 g/mol. The number of amides is 1. The predicted molar refractivity (Wildman–Crippen MR) is 149 cm³/mol. The zero-order chi connectivity index (χ0) is 27.6. The number of aromatic nitrogens is 3. The molecule has 2 heterocycles. The monoisotopic (exact) mass is 534 g/mol. The molecular formula is C29H31ClN4O4. The Morgan fingerprint density at radius 3 is 2.42 bits per heavy atom. The van der Waals surface area contributed by atoms with Gasteiger partial charge in [0.05, 0.1) is 23.5 Å². The average Bonchev–Trinajstić information content (AvgIpc) is 3.27. The van der Waals surface area contributed by atoms with E-state index in [-0.39, 0.29) is 42.2 Å². The normalized spacial score (nSPS) is 11.7. The number of pyridine rings is 1. The Morgan fingerprint density at radius 2 is 1.79 bits per heavy atom. The Morgan fingerprint density at radius 1 is 1.08 bits per heavy atom. The Balaban J connectivity index is 1.97. The molecule has 2 aromatic carbocycles. The second-order valence-electron chi connectivity index (χ2n) is 10.0. The zero-order valence-electron chi connectivity index (χ0n) is 21.7. The molecule has 38 heavy (non-hydrogen) atoms. The Kier molecular flexibility index (Phi) is 7.85. The number of aliphatic hydroxyl groups is 1. The lowest BCUT2D eigenvalue weighted by Crippen LogP contribution is -2.28. The summed E-state index contributed by atoms with van der Waals surface area (Å²) in [5.41, 5.74) is 6.50. The summed E-state index contributed by atoms with van der Waals surface area (Å²) in [6.45, 7) is 5.45. The van der Waals surface area contributed by atoms with E-state index >= 15 is 0 Å². The number of nitrogens with two attached hydrogens (primary N) is 1. The lowest BCUT2D eigenvalue weighted by atomic mass is 9.94. The van der Waals surface area contributed by atoms with Crippen molar-refractivity contribution in [2.24, 2.45) is 5.73 Å². The Bertz CT molecular complexity index is 1570. The number of nitrogens with zero attached hydrogens (tertiary/aromatic N) is 3. The van der Waals surface area contributed by atoms with E-state index in [9.17, 15) is 19.5 Å². The number of aryl methyl sites for hydroxylation is 1. The molecule has 198 valence electrons. The first-order valence-electron chi connectivity index (χ1n) is 12.5. The first-order valence-corrected chi connectivity index (χ1v) is 12.9. The minimum atomic E-state index is -0.970. The van der Waals surface area contributed by atoms with Gasteiger partial charge in [0.25, 0.3) is 11.5 Å². The van der Waals surface area contributed by atoms with Crippen LogP contribution in [-0.4, -0.2) is 36.7 Å². The van der Waals surface area contributed by atoms with E-state index in [0.717, 1.165) is 5.56 Å². The van der Waals surface area contributed by atoms with Crippen molar-refractivity contribution < 1.29 is 14.7 Å². The number of carbonyl (C=O) groups is 2. The number of ketones is 1. The summed E-state index contributed by atoms with van der Waals surface area (Å²) in [7, 11) is 0. The number of benzene rings is 2. The van der Waals surface area contributed by atoms with Crippen LogP contribution in [0.5, 0.6) is 0 Å². The van der Waals surface area contributed by atoms with E-state index in [2.05, 4.69) is 5.10 Å². The molecular weight excluding hydrogens is 504 g/mol. The molecule has 2 aromatic heterocycles. The van der Waals surface area contributed by atoms with Crippen molar-refractivity contribution in [2.45, 2.75) is 58.7 Å².